The fraction of sp³-hybridized carbons (Fsp3) is 0.259. The van der Waals surface area contributed by atoms with Crippen LogP contribution in [0.15, 0.2) is 89.8 Å². The monoisotopic (exact) mass is 508 g/mol. The van der Waals surface area contributed by atoms with Gasteiger partial charge < -0.3 is 14.8 Å². The van der Waals surface area contributed by atoms with Crippen LogP contribution in [0.5, 0.6) is 5.75 Å². The Balaban J connectivity index is 1.29. The van der Waals surface area contributed by atoms with Crippen LogP contribution < -0.4 is 10.1 Å². The second-order valence-corrected chi connectivity index (χ2v) is 10.3. The number of piperidine rings is 1. The number of esters is 1. The van der Waals surface area contributed by atoms with Crippen molar-refractivity contribution in [1.82, 2.24) is 4.31 Å². The Labute approximate surface area is 210 Å². The van der Waals surface area contributed by atoms with Gasteiger partial charge in [-0.3, -0.25) is 9.59 Å². The van der Waals surface area contributed by atoms with E-state index < -0.39 is 34.5 Å². The first-order valence-electron chi connectivity index (χ1n) is 11.7. The van der Waals surface area contributed by atoms with Crippen molar-refractivity contribution in [3.63, 3.8) is 0 Å². The molecule has 0 aromatic heterocycles. The van der Waals surface area contributed by atoms with Crippen molar-refractivity contribution in [2.24, 2.45) is 0 Å². The number of carbonyl (C=O) groups is 2. The minimum atomic E-state index is -3.85. The van der Waals surface area contributed by atoms with Gasteiger partial charge in [0.2, 0.25) is 10.0 Å². The number of anilines is 1. The summed E-state index contributed by atoms with van der Waals surface area (Å²) in [6.07, 6.45) is 1.70. The lowest BCUT2D eigenvalue weighted by atomic mass is 10.1. The van der Waals surface area contributed by atoms with E-state index in [4.69, 9.17) is 9.47 Å². The van der Waals surface area contributed by atoms with Crippen molar-refractivity contribution in [2.45, 2.75) is 36.8 Å². The molecule has 0 bridgehead atoms. The molecule has 0 aliphatic carbocycles. The third-order valence-corrected chi connectivity index (χ3v) is 7.73. The van der Waals surface area contributed by atoms with Gasteiger partial charge in [-0.05, 0) is 61.2 Å². The topological polar surface area (TPSA) is 102 Å². The van der Waals surface area contributed by atoms with Crippen LogP contribution in [-0.4, -0.2) is 43.8 Å². The maximum atomic E-state index is 13.1. The van der Waals surface area contributed by atoms with E-state index in [1.54, 1.807) is 42.5 Å². The molecule has 0 radical (unpaired) electrons. The predicted molar refractivity (Wildman–Crippen MR) is 135 cm³/mol. The van der Waals surface area contributed by atoms with Crippen LogP contribution in [0.3, 0.4) is 0 Å². The second-order valence-electron chi connectivity index (χ2n) is 8.39. The molecule has 1 N–H and O–H groups in total. The van der Waals surface area contributed by atoms with E-state index in [-0.39, 0.29) is 11.4 Å². The molecule has 4 rings (SSSR count). The molecule has 188 valence electrons. The molecule has 1 aliphatic rings. The Hall–Kier alpha value is -3.69. The normalized spacial score (nSPS) is 16.2. The number of sulfonamides is 1. The van der Waals surface area contributed by atoms with Crippen LogP contribution in [0.1, 0.15) is 24.8 Å². The summed E-state index contributed by atoms with van der Waals surface area (Å²) < 4.78 is 38.2. The second kappa shape index (κ2) is 11.8. The highest BCUT2D eigenvalue weighted by Gasteiger charge is 2.38. The van der Waals surface area contributed by atoms with Gasteiger partial charge in [-0.1, -0.05) is 48.5 Å². The number of nitrogens with one attached hydrogen (secondary N) is 1. The summed E-state index contributed by atoms with van der Waals surface area (Å²) in [5, 5.41) is 2.66. The quantitative estimate of drug-likeness (QED) is 0.439. The van der Waals surface area contributed by atoms with Gasteiger partial charge in [0.15, 0.2) is 6.61 Å². The minimum absolute atomic E-state index is 0.124. The highest BCUT2D eigenvalue weighted by molar-refractivity contribution is 7.89. The van der Waals surface area contributed by atoms with Crippen LogP contribution in [0.2, 0.25) is 0 Å². The number of amides is 1. The summed E-state index contributed by atoms with van der Waals surface area (Å²) in [6.45, 7) is 0.142. The number of benzene rings is 3. The van der Waals surface area contributed by atoms with Gasteiger partial charge in [-0.15, -0.1) is 0 Å². The first kappa shape index (κ1) is 25.4. The molecule has 36 heavy (non-hydrogen) atoms. The zero-order valence-corrected chi connectivity index (χ0v) is 20.5. The minimum Gasteiger partial charge on any atom is -0.489 e. The van der Waals surface area contributed by atoms with E-state index in [1.807, 2.05) is 30.3 Å². The molecule has 1 amide bonds. The summed E-state index contributed by atoms with van der Waals surface area (Å²) in [7, 11) is -3.85. The fourth-order valence-electron chi connectivity index (χ4n) is 3.96. The smallest absolute Gasteiger partial charge is 0.324 e. The van der Waals surface area contributed by atoms with Gasteiger partial charge in [-0.2, -0.15) is 4.31 Å². The molecule has 8 nitrogen and oxygen atoms in total. The number of ether oxygens (including phenoxy) is 2. The van der Waals surface area contributed by atoms with Crippen LogP contribution in [0, 0.1) is 0 Å². The molecule has 3 aromatic rings. The Morgan fingerprint density at radius 3 is 2.25 bits per heavy atom. The zero-order chi connectivity index (χ0) is 25.4. The van der Waals surface area contributed by atoms with Gasteiger partial charge in [-0.25, -0.2) is 8.42 Å². The van der Waals surface area contributed by atoms with Crippen LogP contribution in [0.25, 0.3) is 0 Å². The Morgan fingerprint density at radius 2 is 1.56 bits per heavy atom. The summed E-state index contributed by atoms with van der Waals surface area (Å²) in [5.41, 5.74) is 1.57. The Bertz CT molecular complexity index is 1260. The SMILES string of the molecule is O=C(COC(=O)[C@@H]1CCCCN1S(=O)(=O)c1ccccc1)Nc1ccc(OCc2ccccc2)cc1. The largest absolute Gasteiger partial charge is 0.489 e. The lowest BCUT2D eigenvalue weighted by molar-refractivity contribution is -0.152. The van der Waals surface area contributed by atoms with E-state index in [0.717, 1.165) is 5.56 Å². The highest BCUT2D eigenvalue weighted by Crippen LogP contribution is 2.26. The molecule has 3 aromatic carbocycles. The maximum absolute atomic E-state index is 13.1. The number of carbonyl (C=O) groups excluding carboxylic acids is 2. The number of hydrogen-bond donors (Lipinski definition) is 1. The van der Waals surface area contributed by atoms with Crippen LogP contribution >= 0.6 is 0 Å². The van der Waals surface area contributed by atoms with Crippen molar-refractivity contribution in [2.75, 3.05) is 18.5 Å². The summed E-state index contributed by atoms with van der Waals surface area (Å²) in [6, 6.07) is 23.7. The van der Waals surface area contributed by atoms with Crippen molar-refractivity contribution < 1.29 is 27.5 Å². The molecular formula is C27H28N2O6S. The average molecular weight is 509 g/mol. The third-order valence-electron chi connectivity index (χ3n) is 5.81. The Morgan fingerprint density at radius 1 is 0.889 bits per heavy atom. The molecular weight excluding hydrogens is 480 g/mol. The number of hydrogen-bond acceptors (Lipinski definition) is 6. The summed E-state index contributed by atoms with van der Waals surface area (Å²) in [4.78, 5) is 25.2. The molecule has 1 atom stereocenters. The van der Waals surface area contributed by atoms with Crippen molar-refractivity contribution >= 4 is 27.6 Å². The van der Waals surface area contributed by atoms with Crippen LogP contribution in [-0.2, 0) is 31.0 Å². The number of nitrogens with zero attached hydrogens (tertiary/aromatic N) is 1. The highest BCUT2D eigenvalue weighted by atomic mass is 32.2. The number of rotatable bonds is 9. The van der Waals surface area contributed by atoms with E-state index in [0.29, 0.717) is 37.3 Å². The van der Waals surface area contributed by atoms with Gasteiger partial charge >= 0.3 is 5.97 Å². The molecule has 1 saturated heterocycles. The molecule has 0 unspecified atom stereocenters. The van der Waals surface area contributed by atoms with Crippen molar-refractivity contribution in [3.8, 4) is 5.75 Å². The van der Waals surface area contributed by atoms with Gasteiger partial charge in [0.25, 0.3) is 5.91 Å². The molecule has 9 heteroatoms. The van der Waals surface area contributed by atoms with Crippen molar-refractivity contribution in [3.05, 3.63) is 90.5 Å². The van der Waals surface area contributed by atoms with Gasteiger partial charge in [0.05, 0.1) is 4.90 Å². The molecule has 1 aliphatic heterocycles. The van der Waals surface area contributed by atoms with Crippen LogP contribution in [0.4, 0.5) is 5.69 Å². The molecule has 1 fully saturated rings. The van der Waals surface area contributed by atoms with E-state index in [9.17, 15) is 18.0 Å². The first-order chi connectivity index (χ1) is 17.4. The van der Waals surface area contributed by atoms with Gasteiger partial charge in [0.1, 0.15) is 18.4 Å². The molecule has 0 spiro atoms. The lowest BCUT2D eigenvalue weighted by Crippen LogP contribution is -2.48. The molecule has 0 saturated carbocycles. The predicted octanol–water partition coefficient (Wildman–Crippen LogP) is 3.99. The summed E-state index contributed by atoms with van der Waals surface area (Å²) in [5.74, 6) is -0.594. The van der Waals surface area contributed by atoms with Crippen molar-refractivity contribution in [1.29, 1.82) is 0 Å². The first-order valence-corrected chi connectivity index (χ1v) is 13.2. The zero-order valence-electron chi connectivity index (χ0n) is 19.7. The van der Waals surface area contributed by atoms with Gasteiger partial charge in [0, 0.05) is 12.2 Å². The fourth-order valence-corrected chi connectivity index (χ4v) is 5.63. The van der Waals surface area contributed by atoms with E-state index in [2.05, 4.69) is 5.32 Å². The average Bonchev–Trinajstić information content (AvgIpc) is 2.92. The standard InChI is InChI=1S/C27H28N2O6S/c30-26(28-22-14-16-23(17-15-22)34-19-21-9-3-1-4-10-21)20-35-27(31)25-13-7-8-18-29(25)36(32,33)24-11-5-2-6-12-24/h1-6,9-12,14-17,25H,7-8,13,18-20H2,(H,28,30)/t25-/m0/s1. The molecule has 1 heterocycles. The maximum Gasteiger partial charge on any atom is 0.324 e. The lowest BCUT2D eigenvalue weighted by Gasteiger charge is -2.32. The van der Waals surface area contributed by atoms with E-state index >= 15 is 0 Å². The third kappa shape index (κ3) is 6.50. The summed E-state index contributed by atoms with van der Waals surface area (Å²) >= 11 is 0. The van der Waals surface area contributed by atoms with E-state index in [1.165, 1.54) is 16.4 Å². The Kier molecular flexibility index (Phi) is 8.35.